The van der Waals surface area contributed by atoms with Crippen LogP contribution in [0.15, 0.2) is 88.4 Å². The van der Waals surface area contributed by atoms with E-state index in [1.54, 1.807) is 43.5 Å². The van der Waals surface area contributed by atoms with Gasteiger partial charge < -0.3 is 13.7 Å². The van der Waals surface area contributed by atoms with Gasteiger partial charge >= 0.3 is 16.1 Å². The molecule has 9 heteroatoms. The lowest BCUT2D eigenvalue weighted by molar-refractivity contribution is -0.129. The lowest BCUT2D eigenvalue weighted by Gasteiger charge is -2.07. The van der Waals surface area contributed by atoms with Crippen LogP contribution in [-0.2, 0) is 19.6 Å². The number of methoxy groups -OCH3 is 1. The zero-order valence-electron chi connectivity index (χ0n) is 16.7. The number of ether oxygens (including phenoxy) is 2. The Morgan fingerprint density at radius 3 is 2.16 bits per heavy atom. The van der Waals surface area contributed by atoms with Crippen LogP contribution in [0.3, 0.4) is 0 Å². The first-order valence-corrected chi connectivity index (χ1v) is 10.7. The molecule has 0 saturated carbocycles. The molecule has 1 aliphatic heterocycles. The quantitative estimate of drug-likeness (QED) is 0.319. The lowest BCUT2D eigenvalue weighted by Crippen LogP contribution is -2.09. The Morgan fingerprint density at radius 2 is 1.53 bits per heavy atom. The Morgan fingerprint density at radius 1 is 0.906 bits per heavy atom. The number of esters is 1. The van der Waals surface area contributed by atoms with Crippen molar-refractivity contribution in [3.63, 3.8) is 0 Å². The fourth-order valence-electron chi connectivity index (χ4n) is 2.82. The number of rotatable bonds is 6. The molecule has 0 spiro atoms. The minimum atomic E-state index is -4.10. The van der Waals surface area contributed by atoms with Crippen molar-refractivity contribution in [3.05, 3.63) is 95.4 Å². The van der Waals surface area contributed by atoms with Crippen LogP contribution in [0, 0.1) is 5.82 Å². The van der Waals surface area contributed by atoms with Gasteiger partial charge in [-0.3, -0.25) is 0 Å². The number of hydrogen-bond acceptors (Lipinski definition) is 7. The van der Waals surface area contributed by atoms with Crippen molar-refractivity contribution in [1.82, 2.24) is 0 Å². The molecule has 0 saturated heterocycles. The van der Waals surface area contributed by atoms with Crippen LogP contribution < -0.4 is 8.92 Å². The predicted molar refractivity (Wildman–Crippen MR) is 114 cm³/mol. The highest BCUT2D eigenvalue weighted by molar-refractivity contribution is 7.87. The molecule has 0 radical (unpaired) electrons. The summed E-state index contributed by atoms with van der Waals surface area (Å²) in [5.74, 6) is -0.250. The first-order valence-electron chi connectivity index (χ1n) is 9.31. The molecule has 3 aromatic carbocycles. The third kappa shape index (κ3) is 4.68. The third-order valence-corrected chi connectivity index (χ3v) is 5.71. The molecule has 3 aromatic rings. The molecule has 0 amide bonds. The summed E-state index contributed by atoms with van der Waals surface area (Å²) in [6, 6.07) is 17.2. The first-order chi connectivity index (χ1) is 15.3. The zero-order chi connectivity index (χ0) is 22.7. The molecule has 1 heterocycles. The van der Waals surface area contributed by atoms with E-state index in [4.69, 9.17) is 13.7 Å². The predicted octanol–water partition coefficient (Wildman–Crippen LogP) is 3.95. The number of aliphatic imine (C=N–C) groups is 1. The number of halogens is 1. The summed E-state index contributed by atoms with van der Waals surface area (Å²) >= 11 is 0. The van der Waals surface area contributed by atoms with Gasteiger partial charge in [-0.05, 0) is 72.3 Å². The van der Waals surface area contributed by atoms with Gasteiger partial charge in [-0.15, -0.1) is 0 Å². The van der Waals surface area contributed by atoms with Crippen molar-refractivity contribution in [3.8, 4) is 11.5 Å². The van der Waals surface area contributed by atoms with Crippen LogP contribution in [0.1, 0.15) is 11.1 Å². The second-order valence-electron chi connectivity index (χ2n) is 6.62. The molecule has 0 aliphatic carbocycles. The highest BCUT2D eigenvalue weighted by Crippen LogP contribution is 2.23. The van der Waals surface area contributed by atoms with Crippen LogP contribution in [0.5, 0.6) is 11.5 Å². The highest BCUT2D eigenvalue weighted by atomic mass is 32.2. The Hall–Kier alpha value is -3.98. The van der Waals surface area contributed by atoms with E-state index in [2.05, 4.69) is 4.99 Å². The number of cyclic esters (lactones) is 1. The first kappa shape index (κ1) is 21.3. The van der Waals surface area contributed by atoms with Gasteiger partial charge in [-0.1, -0.05) is 12.1 Å². The van der Waals surface area contributed by atoms with Gasteiger partial charge in [-0.25, -0.2) is 14.2 Å². The average Bonchev–Trinajstić information content (AvgIpc) is 3.15. The van der Waals surface area contributed by atoms with Gasteiger partial charge in [0.1, 0.15) is 22.2 Å². The van der Waals surface area contributed by atoms with Crippen molar-refractivity contribution >= 4 is 28.1 Å². The number of nitrogens with zero attached hydrogens (tertiary/aromatic N) is 1. The van der Waals surface area contributed by atoms with E-state index in [0.29, 0.717) is 16.9 Å². The van der Waals surface area contributed by atoms with Crippen molar-refractivity contribution < 1.29 is 31.3 Å². The van der Waals surface area contributed by atoms with Crippen LogP contribution in [-0.4, -0.2) is 27.4 Å². The molecule has 1 aliphatic rings. The monoisotopic (exact) mass is 453 g/mol. The topological polar surface area (TPSA) is 91.3 Å². The van der Waals surface area contributed by atoms with E-state index in [9.17, 15) is 17.6 Å². The number of carbonyl (C=O) groups is 1. The lowest BCUT2D eigenvalue weighted by atomic mass is 10.2. The van der Waals surface area contributed by atoms with Gasteiger partial charge in [0.05, 0.1) is 7.11 Å². The van der Waals surface area contributed by atoms with Crippen molar-refractivity contribution in [2.45, 2.75) is 4.90 Å². The summed E-state index contributed by atoms with van der Waals surface area (Å²) in [4.78, 5) is 16.2. The molecule has 0 unspecified atom stereocenters. The summed E-state index contributed by atoms with van der Waals surface area (Å²) in [7, 11) is -2.55. The Balaban J connectivity index is 1.50. The standard InChI is InChI=1S/C23H16FNO6S/c1-29-18-10-4-16(5-11-18)22-25-21(23(26)30-22)14-15-2-8-19(9-3-15)31-32(27,28)20-12-6-17(24)7-13-20/h2-14H,1H3/b21-14-. The van der Waals surface area contributed by atoms with Crippen LogP contribution in [0.4, 0.5) is 4.39 Å². The summed E-state index contributed by atoms with van der Waals surface area (Å²) in [6.07, 6.45) is 1.51. The Labute approximate surface area is 183 Å². The molecule has 4 rings (SSSR count). The smallest absolute Gasteiger partial charge is 0.363 e. The maximum Gasteiger partial charge on any atom is 0.363 e. The van der Waals surface area contributed by atoms with Crippen LogP contribution in [0.2, 0.25) is 0 Å². The van der Waals surface area contributed by atoms with Gasteiger partial charge in [0.25, 0.3) is 0 Å². The maximum atomic E-state index is 13.0. The molecule has 162 valence electrons. The molecule has 7 nitrogen and oxygen atoms in total. The fourth-order valence-corrected chi connectivity index (χ4v) is 3.75. The zero-order valence-corrected chi connectivity index (χ0v) is 17.5. The molecular formula is C23H16FNO6S. The SMILES string of the molecule is COc1ccc(C2=N/C(=C\c3ccc(OS(=O)(=O)c4ccc(F)cc4)cc3)C(=O)O2)cc1. The Kier molecular flexibility index (Phi) is 5.74. The second kappa shape index (κ2) is 8.64. The van der Waals surface area contributed by atoms with E-state index < -0.39 is 21.9 Å². The molecule has 0 bridgehead atoms. The molecule has 0 N–H and O–H groups in total. The summed E-state index contributed by atoms with van der Waals surface area (Å²) in [6.45, 7) is 0. The third-order valence-electron chi connectivity index (χ3n) is 4.45. The van der Waals surface area contributed by atoms with E-state index in [1.807, 2.05) is 0 Å². The summed E-state index contributed by atoms with van der Waals surface area (Å²) in [5.41, 5.74) is 1.31. The number of carbonyl (C=O) groups excluding carboxylic acids is 1. The highest BCUT2D eigenvalue weighted by Gasteiger charge is 2.24. The average molecular weight is 453 g/mol. The van der Waals surface area contributed by atoms with Crippen molar-refractivity contribution in [2.75, 3.05) is 7.11 Å². The van der Waals surface area contributed by atoms with Crippen LogP contribution >= 0.6 is 0 Å². The summed E-state index contributed by atoms with van der Waals surface area (Å²) < 4.78 is 53.0. The number of hydrogen-bond donors (Lipinski definition) is 0. The number of benzene rings is 3. The molecule has 0 aromatic heterocycles. The van der Waals surface area contributed by atoms with Gasteiger partial charge in [0, 0.05) is 5.56 Å². The molecule has 32 heavy (non-hydrogen) atoms. The minimum Gasteiger partial charge on any atom is -0.497 e. The van der Waals surface area contributed by atoms with E-state index in [0.717, 1.165) is 24.3 Å². The minimum absolute atomic E-state index is 0.0629. The van der Waals surface area contributed by atoms with Gasteiger partial charge in [0.2, 0.25) is 5.90 Å². The van der Waals surface area contributed by atoms with Crippen molar-refractivity contribution in [2.24, 2.45) is 4.99 Å². The second-order valence-corrected chi connectivity index (χ2v) is 8.17. The van der Waals surface area contributed by atoms with Gasteiger partial charge in [0.15, 0.2) is 5.70 Å². The molecule has 0 atom stereocenters. The molecular weight excluding hydrogens is 437 g/mol. The summed E-state index contributed by atoms with van der Waals surface area (Å²) in [5, 5.41) is 0. The Bertz CT molecular complexity index is 1310. The molecule has 0 fully saturated rings. The van der Waals surface area contributed by atoms with E-state index >= 15 is 0 Å². The van der Waals surface area contributed by atoms with Crippen LogP contribution in [0.25, 0.3) is 6.08 Å². The van der Waals surface area contributed by atoms with E-state index in [1.165, 1.54) is 18.2 Å². The van der Waals surface area contributed by atoms with Crippen molar-refractivity contribution in [1.29, 1.82) is 0 Å². The largest absolute Gasteiger partial charge is 0.497 e. The fraction of sp³-hybridized carbons (Fsp3) is 0.0435. The van der Waals surface area contributed by atoms with Gasteiger partial charge in [-0.2, -0.15) is 8.42 Å². The normalized spacial score (nSPS) is 14.8. The van der Waals surface area contributed by atoms with E-state index in [-0.39, 0.29) is 22.2 Å². The maximum absolute atomic E-state index is 13.0.